The highest BCUT2D eigenvalue weighted by molar-refractivity contribution is 5.81. The summed E-state index contributed by atoms with van der Waals surface area (Å²) in [6.07, 6.45) is 0.196. The number of ether oxygens (including phenoxy) is 3. The molecule has 5 nitrogen and oxygen atoms in total. The van der Waals surface area contributed by atoms with Crippen LogP contribution in [0.25, 0.3) is 0 Å². The monoisotopic (exact) mass is 280 g/mol. The zero-order valence-electron chi connectivity index (χ0n) is 11.6. The molecule has 0 spiro atoms. The Hall–Kier alpha value is -1.85. The van der Waals surface area contributed by atoms with Gasteiger partial charge in [-0.15, -0.1) is 0 Å². The summed E-state index contributed by atoms with van der Waals surface area (Å²) >= 11 is 0. The quantitative estimate of drug-likeness (QED) is 0.422. The number of aryl methyl sites for hydroxylation is 1. The van der Waals surface area contributed by atoms with Gasteiger partial charge in [-0.05, 0) is 24.6 Å². The van der Waals surface area contributed by atoms with Crippen molar-refractivity contribution in [2.75, 3.05) is 26.4 Å². The van der Waals surface area contributed by atoms with Gasteiger partial charge in [0, 0.05) is 6.08 Å². The maximum Gasteiger partial charge on any atom is 0.330 e. The van der Waals surface area contributed by atoms with Gasteiger partial charge in [-0.1, -0.05) is 18.7 Å². The van der Waals surface area contributed by atoms with Gasteiger partial charge in [0.25, 0.3) is 0 Å². The SMILES string of the molecule is C=CC(=O)OCC(O)COCCOc1cccc(C)c1. The van der Waals surface area contributed by atoms with E-state index in [-0.39, 0.29) is 13.2 Å². The minimum absolute atomic E-state index is 0.0849. The van der Waals surface area contributed by atoms with Crippen molar-refractivity contribution in [2.24, 2.45) is 0 Å². The Kier molecular flexibility index (Phi) is 7.39. The predicted octanol–water partition coefficient (Wildman–Crippen LogP) is 1.48. The van der Waals surface area contributed by atoms with Crippen LogP contribution in [0.3, 0.4) is 0 Å². The average molecular weight is 280 g/mol. The van der Waals surface area contributed by atoms with Crippen LogP contribution in [0.15, 0.2) is 36.9 Å². The van der Waals surface area contributed by atoms with Crippen LogP contribution >= 0.6 is 0 Å². The molecule has 1 aromatic rings. The molecule has 0 radical (unpaired) electrons. The van der Waals surface area contributed by atoms with E-state index in [0.717, 1.165) is 17.4 Å². The Morgan fingerprint density at radius 1 is 1.40 bits per heavy atom. The fraction of sp³-hybridized carbons (Fsp3) is 0.400. The number of esters is 1. The van der Waals surface area contributed by atoms with Gasteiger partial charge >= 0.3 is 5.97 Å². The average Bonchev–Trinajstić information content (AvgIpc) is 2.44. The molecule has 1 aromatic carbocycles. The van der Waals surface area contributed by atoms with Crippen molar-refractivity contribution in [2.45, 2.75) is 13.0 Å². The van der Waals surface area contributed by atoms with E-state index in [4.69, 9.17) is 9.47 Å². The molecule has 0 bridgehead atoms. The van der Waals surface area contributed by atoms with Crippen LogP contribution in [0.1, 0.15) is 5.56 Å². The van der Waals surface area contributed by atoms with Crippen LogP contribution in [0.4, 0.5) is 0 Å². The van der Waals surface area contributed by atoms with Crippen molar-refractivity contribution in [3.05, 3.63) is 42.5 Å². The molecule has 0 aliphatic heterocycles. The van der Waals surface area contributed by atoms with Crippen LogP contribution in [-0.4, -0.2) is 43.6 Å². The molecule has 0 fully saturated rings. The maximum absolute atomic E-state index is 10.8. The van der Waals surface area contributed by atoms with Gasteiger partial charge in [0.1, 0.15) is 25.1 Å². The predicted molar refractivity (Wildman–Crippen MR) is 74.7 cm³/mol. The first kappa shape index (κ1) is 16.2. The first-order chi connectivity index (χ1) is 9.61. The second-order valence-corrected chi connectivity index (χ2v) is 4.23. The van der Waals surface area contributed by atoms with E-state index in [9.17, 15) is 9.90 Å². The van der Waals surface area contributed by atoms with Crippen molar-refractivity contribution in [3.8, 4) is 5.75 Å². The first-order valence-corrected chi connectivity index (χ1v) is 6.36. The van der Waals surface area contributed by atoms with Crippen molar-refractivity contribution in [3.63, 3.8) is 0 Å². The Morgan fingerprint density at radius 2 is 2.20 bits per heavy atom. The molecule has 1 N–H and O–H groups in total. The molecule has 5 heteroatoms. The van der Waals surface area contributed by atoms with Crippen molar-refractivity contribution < 1.29 is 24.1 Å². The van der Waals surface area contributed by atoms with E-state index in [0.29, 0.717) is 13.2 Å². The van der Waals surface area contributed by atoms with E-state index < -0.39 is 12.1 Å². The summed E-state index contributed by atoms with van der Waals surface area (Å²) in [6, 6.07) is 7.72. The van der Waals surface area contributed by atoms with Crippen LogP contribution in [0, 0.1) is 6.92 Å². The number of aliphatic hydroxyl groups is 1. The number of carbonyl (C=O) groups is 1. The highest BCUT2D eigenvalue weighted by Crippen LogP contribution is 2.11. The number of aliphatic hydroxyl groups excluding tert-OH is 1. The Morgan fingerprint density at radius 3 is 2.90 bits per heavy atom. The number of benzene rings is 1. The maximum atomic E-state index is 10.8. The molecular formula is C15H20O5. The van der Waals surface area contributed by atoms with E-state index in [1.54, 1.807) is 0 Å². The minimum atomic E-state index is -0.849. The number of carbonyl (C=O) groups excluding carboxylic acids is 1. The van der Waals surface area contributed by atoms with Crippen LogP contribution < -0.4 is 4.74 Å². The smallest absolute Gasteiger partial charge is 0.330 e. The summed E-state index contributed by atoms with van der Waals surface area (Å²) < 4.78 is 15.4. The van der Waals surface area contributed by atoms with Crippen LogP contribution in [-0.2, 0) is 14.3 Å². The fourth-order valence-electron chi connectivity index (χ4n) is 1.43. The Bertz CT molecular complexity index is 430. The topological polar surface area (TPSA) is 65.0 Å². The van der Waals surface area contributed by atoms with Gasteiger partial charge < -0.3 is 19.3 Å². The third kappa shape index (κ3) is 6.92. The third-order valence-corrected chi connectivity index (χ3v) is 2.38. The summed E-state index contributed by atoms with van der Waals surface area (Å²) in [5, 5.41) is 9.47. The Labute approximate surface area is 118 Å². The molecule has 1 atom stereocenters. The van der Waals surface area contributed by atoms with Gasteiger partial charge in [0.2, 0.25) is 0 Å². The lowest BCUT2D eigenvalue weighted by Gasteiger charge is -2.11. The van der Waals surface area contributed by atoms with Gasteiger partial charge in [-0.25, -0.2) is 4.79 Å². The Balaban J connectivity index is 2.07. The summed E-state index contributed by atoms with van der Waals surface area (Å²) in [6.45, 7) is 5.96. The second kappa shape index (κ2) is 9.12. The molecule has 110 valence electrons. The largest absolute Gasteiger partial charge is 0.491 e. The molecule has 0 heterocycles. The number of hydrogen-bond acceptors (Lipinski definition) is 5. The summed E-state index contributed by atoms with van der Waals surface area (Å²) in [7, 11) is 0. The summed E-state index contributed by atoms with van der Waals surface area (Å²) in [5.41, 5.74) is 1.13. The summed E-state index contributed by atoms with van der Waals surface area (Å²) in [4.78, 5) is 10.8. The van der Waals surface area contributed by atoms with Crippen molar-refractivity contribution in [1.82, 2.24) is 0 Å². The lowest BCUT2D eigenvalue weighted by molar-refractivity contribution is -0.141. The van der Waals surface area contributed by atoms with E-state index in [1.165, 1.54) is 0 Å². The van der Waals surface area contributed by atoms with Gasteiger partial charge in [0.15, 0.2) is 0 Å². The second-order valence-electron chi connectivity index (χ2n) is 4.23. The summed E-state index contributed by atoms with van der Waals surface area (Å²) in [5.74, 6) is 0.223. The van der Waals surface area contributed by atoms with Gasteiger partial charge in [-0.3, -0.25) is 0 Å². The van der Waals surface area contributed by atoms with E-state index in [2.05, 4.69) is 11.3 Å². The number of hydrogen-bond donors (Lipinski definition) is 1. The van der Waals surface area contributed by atoms with Crippen LogP contribution in [0.2, 0.25) is 0 Å². The standard InChI is InChI=1S/C15H20O5/c1-3-15(17)20-11-13(16)10-18-7-8-19-14-6-4-5-12(2)9-14/h3-6,9,13,16H,1,7-8,10-11H2,2H3. The first-order valence-electron chi connectivity index (χ1n) is 6.36. The van der Waals surface area contributed by atoms with Crippen molar-refractivity contribution >= 4 is 5.97 Å². The highest BCUT2D eigenvalue weighted by Gasteiger charge is 2.06. The fourth-order valence-corrected chi connectivity index (χ4v) is 1.43. The molecule has 0 saturated heterocycles. The van der Waals surface area contributed by atoms with Gasteiger partial charge in [0.05, 0.1) is 13.2 Å². The van der Waals surface area contributed by atoms with E-state index in [1.807, 2.05) is 31.2 Å². The molecule has 0 aromatic heterocycles. The van der Waals surface area contributed by atoms with Crippen molar-refractivity contribution in [1.29, 1.82) is 0 Å². The molecule has 0 aliphatic carbocycles. The number of rotatable bonds is 9. The minimum Gasteiger partial charge on any atom is -0.491 e. The lowest BCUT2D eigenvalue weighted by Crippen LogP contribution is -2.24. The van der Waals surface area contributed by atoms with Gasteiger partial charge in [-0.2, -0.15) is 0 Å². The van der Waals surface area contributed by atoms with Crippen LogP contribution in [0.5, 0.6) is 5.75 Å². The molecule has 0 aliphatic rings. The zero-order chi connectivity index (χ0) is 14.8. The molecule has 1 rings (SSSR count). The molecule has 1 unspecified atom stereocenters. The molecule has 0 amide bonds. The lowest BCUT2D eigenvalue weighted by atomic mass is 10.2. The normalized spacial score (nSPS) is 11.7. The molecular weight excluding hydrogens is 260 g/mol. The zero-order valence-corrected chi connectivity index (χ0v) is 11.6. The molecule has 20 heavy (non-hydrogen) atoms. The van der Waals surface area contributed by atoms with E-state index >= 15 is 0 Å². The highest BCUT2D eigenvalue weighted by atomic mass is 16.6. The molecule has 0 saturated carbocycles. The third-order valence-electron chi connectivity index (χ3n) is 2.38.